The Morgan fingerprint density at radius 1 is 0.548 bits per heavy atom. The fourth-order valence-corrected chi connectivity index (χ4v) is 13.3. The zero-order valence-electron chi connectivity index (χ0n) is 49.3. The van der Waals surface area contributed by atoms with Gasteiger partial charge in [-0.15, -0.1) is 15.3 Å². The van der Waals surface area contributed by atoms with Crippen LogP contribution in [0.1, 0.15) is 93.7 Å². The van der Waals surface area contributed by atoms with Gasteiger partial charge in [0.2, 0.25) is 0 Å². The van der Waals surface area contributed by atoms with E-state index in [0.717, 1.165) is 51.5 Å². The van der Waals surface area contributed by atoms with E-state index in [1.807, 2.05) is 122 Å². The van der Waals surface area contributed by atoms with E-state index in [-0.39, 0.29) is 70.2 Å². The van der Waals surface area contributed by atoms with Gasteiger partial charge in [0.15, 0.2) is 5.82 Å². The minimum absolute atomic E-state index is 0.0684. The van der Waals surface area contributed by atoms with Gasteiger partial charge < -0.3 is 14.4 Å². The van der Waals surface area contributed by atoms with E-state index in [1.165, 1.54) is 34.1 Å². The highest BCUT2D eigenvalue weighted by Crippen LogP contribution is 2.38. The SMILES string of the molecule is Cc1nnc(-c2ccc(-n3c(=O)c4c(n5ncc(Cc6ccc(Cc7cnnn7-c7ccc(-n8c(=O)c9c(n%10ncc(Cc%11ccccc%11)c8%10)CN(C(=O)c8ccc(Br)c(C(F)(F)F)c8)CC9)cc7)cc6)c35)CN(C(=O)c3ccc(Br)c(C(F)(F)F)c3)CC4)cc2)n1C. The molecule has 6 aromatic carbocycles. The quantitative estimate of drug-likeness (QED) is 0.107. The number of alkyl halides is 6. The molecule has 26 heteroatoms. The molecule has 0 atom stereocenters. The minimum atomic E-state index is -4.70. The second-order valence-electron chi connectivity index (χ2n) is 22.9. The molecule has 2 aliphatic rings. The van der Waals surface area contributed by atoms with E-state index in [1.54, 1.807) is 41.4 Å². The third kappa shape index (κ3) is 11.1. The largest absolute Gasteiger partial charge is 0.417 e. The first-order chi connectivity index (χ1) is 44.7. The molecule has 93 heavy (non-hydrogen) atoms. The Balaban J connectivity index is 0.745. The summed E-state index contributed by atoms with van der Waals surface area (Å²) in [5.74, 6) is 0.138. The molecule has 12 aromatic rings. The van der Waals surface area contributed by atoms with Crippen LogP contribution in [0.2, 0.25) is 0 Å². The number of carbonyl (C=O) groups is 2. The molecule has 0 aliphatic carbocycles. The molecule has 6 aromatic heterocycles. The van der Waals surface area contributed by atoms with Crippen molar-refractivity contribution in [3.8, 4) is 28.5 Å². The number of aromatic nitrogens is 12. The molecule has 0 radical (unpaired) electrons. The maximum absolute atomic E-state index is 15.0. The molecule has 0 saturated carbocycles. The van der Waals surface area contributed by atoms with Crippen LogP contribution >= 0.6 is 31.9 Å². The number of halogens is 8. The van der Waals surface area contributed by atoms with Crippen LogP contribution < -0.4 is 11.1 Å². The third-order valence-corrected chi connectivity index (χ3v) is 18.6. The number of amides is 2. The number of fused-ring (bicyclic) bond motifs is 6. The Labute approximate surface area is 540 Å². The first-order valence-electron chi connectivity index (χ1n) is 29.3. The first-order valence-corrected chi connectivity index (χ1v) is 30.9. The molecule has 468 valence electrons. The van der Waals surface area contributed by atoms with Gasteiger partial charge in [-0.3, -0.25) is 28.3 Å². The van der Waals surface area contributed by atoms with Crippen LogP contribution in [-0.2, 0) is 64.6 Å². The number of rotatable bonds is 12. The normalized spacial score (nSPS) is 13.5. The molecule has 0 spiro atoms. The van der Waals surface area contributed by atoms with Crippen LogP contribution in [-0.4, -0.2) is 92.8 Å². The van der Waals surface area contributed by atoms with E-state index < -0.39 is 35.3 Å². The summed E-state index contributed by atoms with van der Waals surface area (Å²) in [6, 6.07) is 39.1. The number of aryl methyl sites for hydroxylation is 1. The summed E-state index contributed by atoms with van der Waals surface area (Å²) in [5, 5.41) is 26.9. The fraction of sp³-hybridized carbons (Fsp3) is 0.194. The lowest BCUT2D eigenvalue weighted by molar-refractivity contribution is -0.139. The molecule has 14 rings (SSSR count). The van der Waals surface area contributed by atoms with Crippen molar-refractivity contribution in [2.45, 2.75) is 64.5 Å². The molecule has 18 nitrogen and oxygen atoms in total. The Bertz CT molecular complexity index is 5090. The fourth-order valence-electron chi connectivity index (χ4n) is 12.4. The highest BCUT2D eigenvalue weighted by Gasteiger charge is 2.37. The van der Waals surface area contributed by atoms with Gasteiger partial charge in [0, 0.05) is 87.3 Å². The average molecular weight is 1390 g/mol. The summed E-state index contributed by atoms with van der Waals surface area (Å²) < 4.78 is 93.4. The van der Waals surface area contributed by atoms with E-state index in [4.69, 9.17) is 10.2 Å². The van der Waals surface area contributed by atoms with Gasteiger partial charge in [-0.25, -0.2) is 13.7 Å². The van der Waals surface area contributed by atoms with Crippen molar-refractivity contribution < 1.29 is 35.9 Å². The van der Waals surface area contributed by atoms with Gasteiger partial charge in [0.05, 0.1) is 77.0 Å². The summed E-state index contributed by atoms with van der Waals surface area (Å²) in [5.41, 5.74) is 7.31. The number of carbonyl (C=O) groups excluding carboxylic acids is 2. The van der Waals surface area contributed by atoms with Crippen LogP contribution in [0.5, 0.6) is 0 Å². The minimum Gasteiger partial charge on any atom is -0.332 e. The molecule has 0 unspecified atom stereocenters. The predicted octanol–water partition coefficient (Wildman–Crippen LogP) is 11.7. The van der Waals surface area contributed by atoms with Gasteiger partial charge in [0.1, 0.15) is 17.1 Å². The monoisotopic (exact) mass is 1390 g/mol. The Morgan fingerprint density at radius 2 is 1.01 bits per heavy atom. The van der Waals surface area contributed by atoms with Crippen molar-refractivity contribution in [1.29, 1.82) is 0 Å². The lowest BCUT2D eigenvalue weighted by atomic mass is 10.0. The molecular weight excluding hydrogens is 1340 g/mol. The van der Waals surface area contributed by atoms with Gasteiger partial charge in [-0.05, 0) is 121 Å². The number of hydrogen-bond donors (Lipinski definition) is 0. The summed E-state index contributed by atoms with van der Waals surface area (Å²) in [7, 11) is 1.86. The predicted molar refractivity (Wildman–Crippen MR) is 338 cm³/mol. The highest BCUT2D eigenvalue weighted by atomic mass is 79.9. The topological polar surface area (TPSA) is 181 Å². The molecule has 2 aliphatic heterocycles. The number of hydrogen-bond acceptors (Lipinski definition) is 10. The van der Waals surface area contributed by atoms with Crippen LogP contribution in [0.4, 0.5) is 26.3 Å². The lowest BCUT2D eigenvalue weighted by Gasteiger charge is -2.30. The molecule has 0 N–H and O–H groups in total. The standard InChI is InChI=1S/C67H50Br2F6N14O4/c1-38-79-80-59(82(38)2)42-12-16-47(17-13-42)85-61-46(34-78-89(61)57-36-83(26-24-51(57)64(85)92)62(90)43-14-22-55(68)53(31-43)66(70,71)72)29-40-8-10-41(11-9-40)30-50-35-76-81-87(50)49-20-18-48(19-21-49)86-60-45(28-39-6-4-3-5-7-39)33-77-88(60)58-37-84(27-25-52(58)65(86)93)63(91)44-15-23-56(69)54(32-44)67(73,74)75/h3-23,31-35H,24-30,36-37H2,1-2H3. The van der Waals surface area contributed by atoms with Crippen molar-refractivity contribution in [2.75, 3.05) is 13.1 Å². The van der Waals surface area contributed by atoms with Gasteiger partial charge >= 0.3 is 12.4 Å². The zero-order chi connectivity index (χ0) is 64.8. The zero-order valence-corrected chi connectivity index (χ0v) is 52.5. The summed E-state index contributed by atoms with van der Waals surface area (Å²) in [4.78, 5) is 60.6. The van der Waals surface area contributed by atoms with Crippen LogP contribution in [0.3, 0.4) is 0 Å². The van der Waals surface area contributed by atoms with Crippen molar-refractivity contribution in [1.82, 2.24) is 67.9 Å². The summed E-state index contributed by atoms with van der Waals surface area (Å²) >= 11 is 5.93. The average Bonchev–Trinajstić information content (AvgIpc) is 1.71. The van der Waals surface area contributed by atoms with Crippen molar-refractivity contribution in [3.63, 3.8) is 0 Å². The molecular formula is C67H50Br2F6N14O4. The van der Waals surface area contributed by atoms with Gasteiger partial charge in [-0.2, -0.15) is 36.5 Å². The molecule has 0 saturated heterocycles. The lowest BCUT2D eigenvalue weighted by Crippen LogP contribution is -2.41. The van der Waals surface area contributed by atoms with E-state index in [9.17, 15) is 45.5 Å². The highest BCUT2D eigenvalue weighted by molar-refractivity contribution is 9.10. The molecule has 0 bridgehead atoms. The Morgan fingerprint density at radius 3 is 1.48 bits per heavy atom. The smallest absolute Gasteiger partial charge is 0.332 e. The second-order valence-corrected chi connectivity index (χ2v) is 24.7. The second kappa shape index (κ2) is 23.6. The van der Waals surface area contributed by atoms with E-state index in [0.29, 0.717) is 81.5 Å². The molecule has 2 amide bonds. The summed E-state index contributed by atoms with van der Waals surface area (Å²) in [6.07, 6.45) is -2.92. The Hall–Kier alpha value is -10.1. The molecule has 8 heterocycles. The van der Waals surface area contributed by atoms with E-state index >= 15 is 0 Å². The van der Waals surface area contributed by atoms with Crippen molar-refractivity contribution >= 4 is 55.0 Å². The van der Waals surface area contributed by atoms with Crippen LogP contribution in [0.15, 0.2) is 177 Å². The van der Waals surface area contributed by atoms with Gasteiger partial charge in [-0.1, -0.05) is 91.7 Å². The number of nitrogens with zero attached hydrogens (tertiary/aromatic N) is 14. The third-order valence-electron chi connectivity index (χ3n) is 17.2. The molecule has 0 fully saturated rings. The van der Waals surface area contributed by atoms with Crippen molar-refractivity contribution in [2.24, 2.45) is 7.05 Å². The Kier molecular flexibility index (Phi) is 15.3. The van der Waals surface area contributed by atoms with Crippen LogP contribution in [0.25, 0.3) is 39.7 Å². The van der Waals surface area contributed by atoms with Gasteiger partial charge in [0.25, 0.3) is 22.9 Å². The maximum Gasteiger partial charge on any atom is 0.417 e. The summed E-state index contributed by atoms with van der Waals surface area (Å²) in [6.45, 7) is 1.86. The van der Waals surface area contributed by atoms with Crippen molar-refractivity contribution in [3.05, 3.63) is 272 Å². The van der Waals surface area contributed by atoms with Crippen LogP contribution in [0, 0.1) is 6.92 Å². The maximum atomic E-state index is 15.0. The first kappa shape index (κ1) is 60.5. The van der Waals surface area contributed by atoms with E-state index in [2.05, 4.69) is 52.4 Å². The number of benzene rings is 6.